The monoisotopic (exact) mass is 650 g/mol. The van der Waals surface area contributed by atoms with E-state index in [-0.39, 0.29) is 72.4 Å². The molecule has 2 fully saturated rings. The van der Waals surface area contributed by atoms with Gasteiger partial charge in [-0.1, -0.05) is 41.8 Å². The Kier molecular flexibility index (Phi) is 20.3. The normalized spacial score (nSPS) is 19.1. The van der Waals surface area contributed by atoms with Crippen molar-refractivity contribution in [3.63, 3.8) is 0 Å². The maximum atomic E-state index is 10.7. The highest BCUT2D eigenvalue weighted by atomic mass is 79.9. The topological polar surface area (TPSA) is 167 Å². The van der Waals surface area contributed by atoms with Gasteiger partial charge in [0.15, 0.2) is 17.3 Å². The minimum Gasteiger partial charge on any atom is -0.477 e. The molecule has 2 aromatic heterocycles. The first-order chi connectivity index (χ1) is 17.3. The summed E-state index contributed by atoms with van der Waals surface area (Å²) in [6, 6.07) is 9.34. The van der Waals surface area contributed by atoms with E-state index < -0.39 is 23.5 Å². The molecule has 4 heterocycles. The first kappa shape index (κ1) is 42.8. The van der Waals surface area contributed by atoms with Gasteiger partial charge < -0.3 is 39.0 Å². The number of carboxylic acid groups (broad SMARTS) is 2. The Bertz CT molecular complexity index is 1050. The molecule has 2 saturated heterocycles. The second-order valence-electron chi connectivity index (χ2n) is 8.71. The van der Waals surface area contributed by atoms with Crippen LogP contribution in [0.15, 0.2) is 41.0 Å². The third kappa shape index (κ3) is 15.8. The molecule has 0 radical (unpaired) electrons. The molecule has 2 aliphatic heterocycles. The van der Waals surface area contributed by atoms with Gasteiger partial charge in [-0.25, -0.2) is 19.6 Å². The molecule has 4 rings (SSSR count). The number of pyridine rings is 2. The van der Waals surface area contributed by atoms with Crippen LogP contribution in [0.3, 0.4) is 0 Å². The summed E-state index contributed by atoms with van der Waals surface area (Å²) >= 11 is 3.06. The zero-order valence-corrected chi connectivity index (χ0v) is 22.5. The van der Waals surface area contributed by atoms with Gasteiger partial charge in [0.05, 0.1) is 19.8 Å². The Balaban J connectivity index is -0.000000543. The largest absolute Gasteiger partial charge is 0.477 e. The molecule has 12 nitrogen and oxygen atoms in total. The number of aromatic nitrogens is 2. The summed E-state index contributed by atoms with van der Waals surface area (Å²) in [5.41, 5.74) is 0.00537. The molecule has 0 aliphatic carbocycles. The molecule has 0 bridgehead atoms. The summed E-state index contributed by atoms with van der Waals surface area (Å²) in [5.74, 6) is -2.91. The average Bonchev–Trinajstić information content (AvgIpc) is 3.38. The Morgan fingerprint density at radius 3 is 1.68 bits per heavy atom. The van der Waals surface area contributed by atoms with E-state index in [0.29, 0.717) is 17.8 Å². The van der Waals surface area contributed by atoms with Crippen molar-refractivity contribution in [2.24, 2.45) is 0 Å². The second-order valence-corrected chi connectivity index (χ2v) is 9.52. The van der Waals surface area contributed by atoms with Crippen LogP contribution in [0.4, 0.5) is 0 Å². The fourth-order valence-corrected chi connectivity index (χ4v) is 3.36. The second kappa shape index (κ2) is 19.4. The lowest BCUT2D eigenvalue weighted by Crippen LogP contribution is -2.25. The van der Waals surface area contributed by atoms with Gasteiger partial charge >= 0.3 is 11.9 Å². The summed E-state index contributed by atoms with van der Waals surface area (Å²) in [4.78, 5) is 28.5. The van der Waals surface area contributed by atoms with E-state index >= 15 is 0 Å². The van der Waals surface area contributed by atoms with Crippen LogP contribution in [0.1, 0.15) is 78.4 Å². The van der Waals surface area contributed by atoms with Gasteiger partial charge in [-0.3, -0.25) is 0 Å². The van der Waals surface area contributed by atoms with Gasteiger partial charge in [-0.2, -0.15) is 0 Å². The third-order valence-corrected chi connectivity index (χ3v) is 5.07. The van der Waals surface area contributed by atoms with Crippen LogP contribution in [0.2, 0.25) is 0 Å². The lowest BCUT2D eigenvalue weighted by atomic mass is 10.3. The van der Waals surface area contributed by atoms with Crippen molar-refractivity contribution in [3.05, 3.63) is 52.4 Å². The van der Waals surface area contributed by atoms with Crippen molar-refractivity contribution >= 4 is 27.9 Å². The predicted molar refractivity (Wildman–Crippen MR) is 159 cm³/mol. The van der Waals surface area contributed by atoms with E-state index in [1.165, 1.54) is 12.1 Å². The fourth-order valence-electron chi connectivity index (χ4n) is 3.02. The smallest absolute Gasteiger partial charge is 0.354 e. The molecule has 0 aromatic carbocycles. The molecule has 2 atom stereocenters. The molecular formula is C28H47BrN2O10. The molecule has 3 N–H and O–H groups in total. The number of nitrogens with zero attached hydrogens (tertiary/aromatic N) is 2. The zero-order valence-electron chi connectivity index (χ0n) is 20.9. The maximum Gasteiger partial charge on any atom is 0.354 e. The van der Waals surface area contributed by atoms with Crippen molar-refractivity contribution in [3.8, 4) is 5.88 Å². The van der Waals surface area contributed by atoms with E-state index in [1.807, 2.05) is 27.7 Å². The number of ether oxygens (including phenoxy) is 5. The van der Waals surface area contributed by atoms with Gasteiger partial charge in [0.1, 0.15) is 29.1 Å². The van der Waals surface area contributed by atoms with Crippen LogP contribution in [0.25, 0.3) is 0 Å². The van der Waals surface area contributed by atoms with E-state index in [2.05, 4.69) is 25.9 Å². The molecule has 0 amide bonds. The molecule has 0 saturated carbocycles. The average molecular weight is 652 g/mol. The van der Waals surface area contributed by atoms with E-state index in [1.54, 1.807) is 24.3 Å². The van der Waals surface area contributed by atoms with Gasteiger partial charge in [0.2, 0.25) is 5.88 Å². The lowest BCUT2D eigenvalue weighted by Gasteiger charge is -2.17. The van der Waals surface area contributed by atoms with Crippen molar-refractivity contribution in [2.75, 3.05) is 26.4 Å². The number of aromatic carboxylic acids is 2. The number of aliphatic hydroxyl groups excluding tert-OH is 1. The highest BCUT2D eigenvalue weighted by molar-refractivity contribution is 9.10. The van der Waals surface area contributed by atoms with Crippen LogP contribution in [-0.2, 0) is 18.9 Å². The minimum absolute atomic E-state index is 0. The third-order valence-electron chi connectivity index (χ3n) is 4.63. The van der Waals surface area contributed by atoms with E-state index in [4.69, 9.17) is 39.0 Å². The number of hydrogen-bond donors (Lipinski definition) is 3. The predicted octanol–water partition coefficient (Wildman–Crippen LogP) is 5.53. The Hall–Kier alpha value is -2.68. The summed E-state index contributed by atoms with van der Waals surface area (Å²) in [5, 5.41) is 25.8. The molecular weight excluding hydrogens is 604 g/mol. The Morgan fingerprint density at radius 2 is 1.32 bits per heavy atom. The van der Waals surface area contributed by atoms with Gasteiger partial charge in [0.25, 0.3) is 0 Å². The van der Waals surface area contributed by atoms with Gasteiger partial charge in [-0.05, 0) is 61.8 Å². The van der Waals surface area contributed by atoms with Gasteiger partial charge in [-0.15, -0.1) is 0 Å². The minimum atomic E-state index is -1.08. The summed E-state index contributed by atoms with van der Waals surface area (Å²) < 4.78 is 27.3. The quantitative estimate of drug-likeness (QED) is 0.335. The standard InChI is InChI=1S/C12H15NO5.C6H4BrNO2.C6H12O3.4CH4/c1-12(2)17-7-8(18-12)6-16-10-5-3-4-9(13-10)11(14)15;7-5-3-1-2-4(8-5)6(9)10;1-6(2)8-4-5(3-7)9-6;;;;/h3-5,8H,6-7H2,1-2H3,(H,14,15);1-3H,(H,9,10);5,7H,3-4H2,1-2H3;4*1H4. The summed E-state index contributed by atoms with van der Waals surface area (Å²) in [6.45, 7) is 8.61. The molecule has 2 unspecified atom stereocenters. The Labute approximate surface area is 252 Å². The zero-order chi connectivity index (χ0) is 27.6. The van der Waals surface area contributed by atoms with Crippen LogP contribution in [0.5, 0.6) is 5.88 Å². The number of halogens is 1. The van der Waals surface area contributed by atoms with Crippen LogP contribution < -0.4 is 4.74 Å². The summed E-state index contributed by atoms with van der Waals surface area (Å²) in [7, 11) is 0. The van der Waals surface area contributed by atoms with Crippen molar-refractivity contribution in [2.45, 2.75) is 81.2 Å². The number of aliphatic hydroxyl groups is 1. The van der Waals surface area contributed by atoms with Crippen molar-refractivity contribution in [1.82, 2.24) is 9.97 Å². The lowest BCUT2D eigenvalue weighted by molar-refractivity contribution is -0.142. The number of carbonyl (C=O) groups is 2. The molecule has 2 aliphatic rings. The first-order valence-electron chi connectivity index (χ1n) is 11.2. The van der Waals surface area contributed by atoms with E-state index in [0.717, 1.165) is 0 Å². The molecule has 13 heteroatoms. The number of carboxylic acids is 2. The van der Waals surface area contributed by atoms with Gasteiger partial charge in [0, 0.05) is 6.07 Å². The van der Waals surface area contributed by atoms with Crippen molar-refractivity contribution in [1.29, 1.82) is 0 Å². The highest BCUT2D eigenvalue weighted by Gasteiger charge is 2.33. The first-order valence-corrected chi connectivity index (χ1v) is 12.0. The fraction of sp³-hybridized carbons (Fsp3) is 0.571. The van der Waals surface area contributed by atoms with Crippen LogP contribution in [0, 0.1) is 0 Å². The maximum absolute atomic E-state index is 10.7. The van der Waals surface area contributed by atoms with Crippen LogP contribution >= 0.6 is 15.9 Å². The summed E-state index contributed by atoms with van der Waals surface area (Å²) in [6.07, 6.45) is -0.296. The molecule has 0 spiro atoms. The van der Waals surface area contributed by atoms with Crippen LogP contribution in [-0.4, -0.2) is 87.4 Å². The molecule has 2 aromatic rings. The Morgan fingerprint density at radius 1 is 0.854 bits per heavy atom. The van der Waals surface area contributed by atoms with E-state index in [9.17, 15) is 9.59 Å². The number of hydrogen-bond acceptors (Lipinski definition) is 10. The highest BCUT2D eigenvalue weighted by Crippen LogP contribution is 2.23. The van der Waals surface area contributed by atoms with Crippen molar-refractivity contribution < 1.29 is 48.6 Å². The molecule has 41 heavy (non-hydrogen) atoms. The number of rotatable bonds is 6. The molecule has 236 valence electrons. The SMILES string of the molecule is C.C.C.C.CC1(C)OCC(CO)O1.CC1(C)OCC(COc2cccc(C(=O)O)n2)O1.O=C(O)c1cccc(Br)n1.